The van der Waals surface area contributed by atoms with Crippen LogP contribution in [0.3, 0.4) is 0 Å². The number of carbonyl (C=O) groups excluding carboxylic acids is 3. The van der Waals surface area contributed by atoms with Crippen LogP contribution in [0.2, 0.25) is 0 Å². The Balaban J connectivity index is 1.80. The molecule has 188 valence electrons. The van der Waals surface area contributed by atoms with Crippen molar-refractivity contribution >= 4 is 27.7 Å². The number of unbranched alkanes of at least 4 members (excludes halogenated alkanes) is 1. The van der Waals surface area contributed by atoms with Gasteiger partial charge in [-0.1, -0.05) is 62.2 Å². The molecule has 0 aromatic heterocycles. The van der Waals surface area contributed by atoms with Gasteiger partial charge in [-0.25, -0.2) is 12.7 Å². The molecule has 35 heavy (non-hydrogen) atoms. The second kappa shape index (κ2) is 11.5. The largest absolute Gasteiger partial charge is 0.354 e. The maximum atomic E-state index is 13.4. The van der Waals surface area contributed by atoms with Crippen LogP contribution >= 0.6 is 0 Å². The Labute approximate surface area is 207 Å². The lowest BCUT2D eigenvalue weighted by atomic mass is 10.1. The third-order valence-corrected chi connectivity index (χ3v) is 7.97. The molecule has 1 N–H and O–H groups in total. The minimum absolute atomic E-state index is 0.0457. The van der Waals surface area contributed by atoms with Gasteiger partial charge in [0.25, 0.3) is 15.9 Å². The standard InChI is InChI=1S/C26H33N3O5S/c1-4-6-16-27-25(31)22(5-2)28(18-20-13-11-19(3)12-14-20)24(30)15-17-29-26(32)21-9-7-8-10-23(21)35(29,33)34/h7-14,22H,4-6,15-18H2,1-3H3,(H,27,31)/t22-/m1/s1. The van der Waals surface area contributed by atoms with E-state index in [2.05, 4.69) is 5.32 Å². The van der Waals surface area contributed by atoms with Crippen LogP contribution in [0.4, 0.5) is 0 Å². The predicted octanol–water partition coefficient (Wildman–Crippen LogP) is 3.25. The van der Waals surface area contributed by atoms with Gasteiger partial charge in [-0.3, -0.25) is 14.4 Å². The Hall–Kier alpha value is -3.20. The van der Waals surface area contributed by atoms with E-state index in [1.807, 2.05) is 45.0 Å². The molecule has 3 amide bonds. The molecule has 3 rings (SSSR count). The molecule has 0 bridgehead atoms. The van der Waals surface area contributed by atoms with E-state index in [0.717, 1.165) is 28.3 Å². The molecule has 1 heterocycles. The third-order valence-electron chi connectivity index (χ3n) is 6.13. The fourth-order valence-corrected chi connectivity index (χ4v) is 5.68. The van der Waals surface area contributed by atoms with Gasteiger partial charge < -0.3 is 10.2 Å². The monoisotopic (exact) mass is 499 g/mol. The fourth-order valence-electron chi connectivity index (χ4n) is 4.11. The number of benzene rings is 2. The molecule has 2 aromatic carbocycles. The van der Waals surface area contributed by atoms with Gasteiger partial charge in [-0.05, 0) is 37.5 Å². The Morgan fingerprint density at radius 2 is 1.74 bits per heavy atom. The summed E-state index contributed by atoms with van der Waals surface area (Å²) in [6.07, 6.45) is 1.96. The Bertz CT molecular complexity index is 1180. The van der Waals surface area contributed by atoms with Crippen molar-refractivity contribution in [2.24, 2.45) is 0 Å². The van der Waals surface area contributed by atoms with Crippen molar-refractivity contribution in [2.45, 2.75) is 63.9 Å². The van der Waals surface area contributed by atoms with E-state index >= 15 is 0 Å². The highest BCUT2D eigenvalue weighted by Crippen LogP contribution is 2.30. The van der Waals surface area contributed by atoms with Gasteiger partial charge >= 0.3 is 0 Å². The first-order valence-corrected chi connectivity index (χ1v) is 13.4. The molecule has 1 atom stereocenters. The summed E-state index contributed by atoms with van der Waals surface area (Å²) in [6, 6.07) is 13.0. The van der Waals surface area contributed by atoms with Gasteiger partial charge in [-0.15, -0.1) is 0 Å². The summed E-state index contributed by atoms with van der Waals surface area (Å²) in [7, 11) is -4.00. The number of nitrogens with one attached hydrogen (secondary N) is 1. The van der Waals surface area contributed by atoms with Crippen LogP contribution in [-0.2, 0) is 26.2 Å². The number of fused-ring (bicyclic) bond motifs is 1. The first-order valence-electron chi connectivity index (χ1n) is 12.0. The van der Waals surface area contributed by atoms with Gasteiger partial charge in [0, 0.05) is 26.1 Å². The molecule has 1 aliphatic rings. The van der Waals surface area contributed by atoms with E-state index in [1.165, 1.54) is 17.0 Å². The Kier molecular flexibility index (Phi) is 8.67. The van der Waals surface area contributed by atoms with Crippen molar-refractivity contribution in [1.82, 2.24) is 14.5 Å². The number of amides is 3. The molecule has 2 aromatic rings. The fraction of sp³-hybridized carbons (Fsp3) is 0.423. The maximum absolute atomic E-state index is 13.4. The zero-order valence-electron chi connectivity index (χ0n) is 20.5. The first kappa shape index (κ1) is 26.4. The second-order valence-corrected chi connectivity index (χ2v) is 10.5. The van der Waals surface area contributed by atoms with Crippen LogP contribution in [0.15, 0.2) is 53.4 Å². The molecule has 0 aliphatic carbocycles. The lowest BCUT2D eigenvalue weighted by Crippen LogP contribution is -2.49. The van der Waals surface area contributed by atoms with Crippen LogP contribution in [0.1, 0.15) is 61.0 Å². The molecule has 8 nitrogen and oxygen atoms in total. The number of carbonyl (C=O) groups is 3. The molecule has 0 fully saturated rings. The summed E-state index contributed by atoms with van der Waals surface area (Å²) in [5, 5.41) is 2.90. The van der Waals surface area contributed by atoms with Gasteiger partial charge in [0.15, 0.2) is 0 Å². The average molecular weight is 500 g/mol. The van der Waals surface area contributed by atoms with Crippen LogP contribution < -0.4 is 5.32 Å². The maximum Gasteiger partial charge on any atom is 0.269 e. The second-order valence-electron chi connectivity index (χ2n) is 8.70. The SMILES string of the molecule is CCCCNC(=O)[C@@H](CC)N(Cc1ccc(C)cc1)C(=O)CCN1C(=O)c2ccccc2S1(=O)=O. The summed E-state index contributed by atoms with van der Waals surface area (Å²) < 4.78 is 26.5. The summed E-state index contributed by atoms with van der Waals surface area (Å²) >= 11 is 0. The summed E-state index contributed by atoms with van der Waals surface area (Å²) in [6.45, 7) is 6.28. The molecule has 0 unspecified atom stereocenters. The minimum Gasteiger partial charge on any atom is -0.354 e. The lowest BCUT2D eigenvalue weighted by molar-refractivity contribution is -0.141. The average Bonchev–Trinajstić information content (AvgIpc) is 3.04. The van der Waals surface area contributed by atoms with Crippen LogP contribution in [0.25, 0.3) is 0 Å². The normalized spacial score (nSPS) is 14.9. The Morgan fingerprint density at radius 1 is 1.06 bits per heavy atom. The topological polar surface area (TPSA) is 104 Å². The molecule has 0 spiro atoms. The zero-order valence-corrected chi connectivity index (χ0v) is 21.3. The molecule has 0 saturated heterocycles. The molecular formula is C26H33N3O5S. The summed E-state index contributed by atoms with van der Waals surface area (Å²) in [4.78, 5) is 40.5. The summed E-state index contributed by atoms with van der Waals surface area (Å²) in [5.41, 5.74) is 2.05. The Morgan fingerprint density at radius 3 is 2.37 bits per heavy atom. The summed E-state index contributed by atoms with van der Waals surface area (Å²) in [5.74, 6) is -1.26. The van der Waals surface area contributed by atoms with Gasteiger partial charge in [0.1, 0.15) is 10.9 Å². The van der Waals surface area contributed by atoms with E-state index in [4.69, 9.17) is 0 Å². The number of nitrogens with zero attached hydrogens (tertiary/aromatic N) is 2. The minimum atomic E-state index is -4.00. The molecule has 1 aliphatic heterocycles. The van der Waals surface area contributed by atoms with Crippen molar-refractivity contribution in [3.8, 4) is 0 Å². The van der Waals surface area contributed by atoms with E-state index in [9.17, 15) is 22.8 Å². The highest BCUT2D eigenvalue weighted by Gasteiger charge is 2.41. The predicted molar refractivity (Wildman–Crippen MR) is 133 cm³/mol. The van der Waals surface area contributed by atoms with Crippen molar-refractivity contribution in [1.29, 1.82) is 0 Å². The lowest BCUT2D eigenvalue weighted by Gasteiger charge is -2.31. The van der Waals surface area contributed by atoms with Gasteiger partial charge in [-0.2, -0.15) is 0 Å². The van der Waals surface area contributed by atoms with E-state index < -0.39 is 22.0 Å². The van der Waals surface area contributed by atoms with Crippen LogP contribution in [0.5, 0.6) is 0 Å². The smallest absolute Gasteiger partial charge is 0.269 e. The number of aryl methyl sites for hydroxylation is 1. The molecular weight excluding hydrogens is 466 g/mol. The number of rotatable bonds is 11. The first-order chi connectivity index (χ1) is 16.7. The highest BCUT2D eigenvalue weighted by molar-refractivity contribution is 7.90. The van der Waals surface area contributed by atoms with Gasteiger partial charge in [0.2, 0.25) is 11.8 Å². The van der Waals surface area contributed by atoms with Crippen molar-refractivity contribution < 1.29 is 22.8 Å². The van der Waals surface area contributed by atoms with Gasteiger partial charge in [0.05, 0.1) is 5.56 Å². The quantitative estimate of drug-likeness (QED) is 0.478. The van der Waals surface area contributed by atoms with Crippen LogP contribution in [0, 0.1) is 6.92 Å². The molecule has 0 saturated carbocycles. The van der Waals surface area contributed by atoms with E-state index in [1.54, 1.807) is 12.1 Å². The molecule has 9 heteroatoms. The number of hydrogen-bond donors (Lipinski definition) is 1. The zero-order chi connectivity index (χ0) is 25.6. The van der Waals surface area contributed by atoms with E-state index in [-0.39, 0.29) is 41.8 Å². The van der Waals surface area contributed by atoms with E-state index in [0.29, 0.717) is 13.0 Å². The molecule has 0 radical (unpaired) electrons. The van der Waals surface area contributed by atoms with Crippen molar-refractivity contribution in [3.63, 3.8) is 0 Å². The third kappa shape index (κ3) is 5.90. The van der Waals surface area contributed by atoms with Crippen molar-refractivity contribution in [2.75, 3.05) is 13.1 Å². The van der Waals surface area contributed by atoms with Crippen LogP contribution in [-0.4, -0.2) is 54.5 Å². The number of sulfonamides is 1. The highest BCUT2D eigenvalue weighted by atomic mass is 32.2. The van der Waals surface area contributed by atoms with Crippen molar-refractivity contribution in [3.05, 3.63) is 65.2 Å². The number of hydrogen-bond acceptors (Lipinski definition) is 5.